The second-order valence-corrected chi connectivity index (χ2v) is 8.84. The molecule has 2 aliphatic heterocycles. The van der Waals surface area contributed by atoms with Gasteiger partial charge in [0.15, 0.2) is 0 Å². The molecule has 0 spiro atoms. The van der Waals surface area contributed by atoms with Gasteiger partial charge >= 0.3 is 5.97 Å². The Bertz CT molecular complexity index is 1160. The van der Waals surface area contributed by atoms with Crippen molar-refractivity contribution in [3.63, 3.8) is 0 Å². The SMILES string of the molecule is CCOC(=O)C1CCN(c2nc3c(c(=O)[nH]2)[C@H](C(=O)Nc2cc(C)cc(C)c2)CC(=O)N3)CC1. The summed E-state index contributed by atoms with van der Waals surface area (Å²) >= 11 is 0. The number of nitrogens with one attached hydrogen (secondary N) is 3. The lowest BCUT2D eigenvalue weighted by Gasteiger charge is -2.32. The molecule has 0 unspecified atom stereocenters. The van der Waals surface area contributed by atoms with Crippen LogP contribution in [0.2, 0.25) is 0 Å². The van der Waals surface area contributed by atoms with Crippen molar-refractivity contribution in [2.24, 2.45) is 5.92 Å². The Balaban J connectivity index is 1.55. The molecule has 2 amide bonds. The van der Waals surface area contributed by atoms with Gasteiger partial charge in [-0.25, -0.2) is 0 Å². The first-order chi connectivity index (χ1) is 16.2. The molecule has 1 fully saturated rings. The van der Waals surface area contributed by atoms with E-state index in [4.69, 9.17) is 4.74 Å². The molecular formula is C24H29N5O5. The summed E-state index contributed by atoms with van der Waals surface area (Å²) in [6.45, 7) is 7.00. The molecule has 10 nitrogen and oxygen atoms in total. The first-order valence-corrected chi connectivity index (χ1v) is 11.5. The number of rotatable bonds is 5. The van der Waals surface area contributed by atoms with E-state index in [0.29, 0.717) is 44.2 Å². The first-order valence-electron chi connectivity index (χ1n) is 11.5. The maximum Gasteiger partial charge on any atom is 0.309 e. The Kier molecular flexibility index (Phi) is 6.67. The van der Waals surface area contributed by atoms with E-state index in [9.17, 15) is 19.2 Å². The Labute approximate surface area is 197 Å². The van der Waals surface area contributed by atoms with Gasteiger partial charge in [0.05, 0.1) is 24.0 Å². The zero-order valence-electron chi connectivity index (χ0n) is 19.6. The van der Waals surface area contributed by atoms with Crippen molar-refractivity contribution in [1.29, 1.82) is 0 Å². The summed E-state index contributed by atoms with van der Waals surface area (Å²) in [6.07, 6.45) is 1.01. The average Bonchev–Trinajstić information content (AvgIpc) is 2.77. The molecule has 0 aliphatic carbocycles. The summed E-state index contributed by atoms with van der Waals surface area (Å²) in [5, 5.41) is 5.47. The number of H-pyrrole nitrogens is 1. The third kappa shape index (κ3) is 4.95. The van der Waals surface area contributed by atoms with Crippen LogP contribution in [-0.4, -0.2) is 47.4 Å². The molecule has 3 N–H and O–H groups in total. The lowest BCUT2D eigenvalue weighted by molar-refractivity contribution is -0.148. The van der Waals surface area contributed by atoms with Crippen LogP contribution in [0, 0.1) is 19.8 Å². The van der Waals surface area contributed by atoms with Crippen molar-refractivity contribution in [2.45, 2.75) is 46.0 Å². The number of nitrogens with zero attached hydrogens (tertiary/aromatic N) is 2. The lowest BCUT2D eigenvalue weighted by atomic mass is 9.92. The fourth-order valence-electron chi connectivity index (χ4n) is 4.60. The maximum atomic E-state index is 13.1. The number of benzene rings is 1. The minimum absolute atomic E-state index is 0.100. The number of aromatic amines is 1. The highest BCUT2D eigenvalue weighted by atomic mass is 16.5. The van der Waals surface area contributed by atoms with Gasteiger partial charge in [-0.3, -0.25) is 24.2 Å². The summed E-state index contributed by atoms with van der Waals surface area (Å²) < 4.78 is 5.10. The van der Waals surface area contributed by atoms with Gasteiger partial charge in [-0.1, -0.05) is 6.07 Å². The highest BCUT2D eigenvalue weighted by Gasteiger charge is 2.36. The number of ether oxygens (including phenoxy) is 1. The molecule has 10 heteroatoms. The van der Waals surface area contributed by atoms with Gasteiger partial charge in [-0.2, -0.15) is 4.98 Å². The van der Waals surface area contributed by atoms with Crippen molar-refractivity contribution in [2.75, 3.05) is 35.2 Å². The van der Waals surface area contributed by atoms with Crippen LogP contribution in [0.15, 0.2) is 23.0 Å². The smallest absolute Gasteiger partial charge is 0.309 e. The predicted molar refractivity (Wildman–Crippen MR) is 127 cm³/mol. The van der Waals surface area contributed by atoms with Gasteiger partial charge in [-0.15, -0.1) is 0 Å². The van der Waals surface area contributed by atoms with E-state index in [-0.39, 0.29) is 35.6 Å². The molecule has 0 saturated carbocycles. The average molecular weight is 468 g/mol. The van der Waals surface area contributed by atoms with Crippen LogP contribution < -0.4 is 21.1 Å². The quantitative estimate of drug-likeness (QED) is 0.574. The minimum Gasteiger partial charge on any atom is -0.466 e. The zero-order valence-corrected chi connectivity index (χ0v) is 19.6. The Hall–Kier alpha value is -3.69. The van der Waals surface area contributed by atoms with Crippen LogP contribution >= 0.6 is 0 Å². The molecule has 1 aromatic heterocycles. The second-order valence-electron chi connectivity index (χ2n) is 8.84. The Morgan fingerprint density at radius 2 is 1.82 bits per heavy atom. The number of carbonyl (C=O) groups excluding carboxylic acids is 3. The van der Waals surface area contributed by atoms with E-state index in [1.165, 1.54) is 0 Å². The topological polar surface area (TPSA) is 133 Å². The lowest BCUT2D eigenvalue weighted by Crippen LogP contribution is -2.41. The fraction of sp³-hybridized carbons (Fsp3) is 0.458. The van der Waals surface area contributed by atoms with Crippen molar-refractivity contribution in [1.82, 2.24) is 9.97 Å². The summed E-state index contributed by atoms with van der Waals surface area (Å²) in [5.41, 5.74) is 2.28. The number of amides is 2. The molecule has 1 aromatic carbocycles. The van der Waals surface area contributed by atoms with E-state index in [0.717, 1.165) is 11.1 Å². The first kappa shape index (κ1) is 23.5. The molecule has 0 radical (unpaired) electrons. The fourth-order valence-corrected chi connectivity index (χ4v) is 4.60. The van der Waals surface area contributed by atoms with Crippen LogP contribution in [0.5, 0.6) is 0 Å². The highest BCUT2D eigenvalue weighted by Crippen LogP contribution is 2.31. The van der Waals surface area contributed by atoms with Gasteiger partial charge in [0.2, 0.25) is 17.8 Å². The molecule has 0 bridgehead atoms. The largest absolute Gasteiger partial charge is 0.466 e. The number of anilines is 3. The van der Waals surface area contributed by atoms with Gasteiger partial charge < -0.3 is 20.3 Å². The normalized spacial score (nSPS) is 18.1. The van der Waals surface area contributed by atoms with Crippen molar-refractivity contribution in [3.05, 3.63) is 45.2 Å². The van der Waals surface area contributed by atoms with E-state index in [1.54, 1.807) is 6.92 Å². The summed E-state index contributed by atoms with van der Waals surface area (Å²) in [5.74, 6) is -1.75. The number of aryl methyl sites for hydroxylation is 2. The molecule has 1 saturated heterocycles. The van der Waals surface area contributed by atoms with Gasteiger partial charge in [0.1, 0.15) is 5.82 Å². The minimum atomic E-state index is -0.954. The molecule has 2 aliphatic rings. The van der Waals surface area contributed by atoms with Gasteiger partial charge in [-0.05, 0) is 56.9 Å². The number of hydrogen-bond donors (Lipinski definition) is 3. The highest BCUT2D eigenvalue weighted by molar-refractivity contribution is 6.04. The molecule has 34 heavy (non-hydrogen) atoms. The molecule has 1 atom stereocenters. The molecule has 3 heterocycles. The Morgan fingerprint density at radius 3 is 2.47 bits per heavy atom. The monoisotopic (exact) mass is 467 g/mol. The molecular weight excluding hydrogens is 438 g/mol. The van der Waals surface area contributed by atoms with Crippen LogP contribution in [0.1, 0.15) is 48.8 Å². The standard InChI is InChI=1S/C24H29N5O5/c1-4-34-23(33)15-5-7-29(8-6-15)24-27-20-19(22(32)28-24)17(12-18(30)26-20)21(31)25-16-10-13(2)9-14(3)11-16/h9-11,15,17H,4-8,12H2,1-3H3,(H,25,31)(H2,26,27,28,30,32)/t17-/m1/s1. The number of carbonyl (C=O) groups is 3. The predicted octanol–water partition coefficient (Wildman–Crippen LogP) is 2.23. The number of piperidine rings is 1. The van der Waals surface area contributed by atoms with Crippen LogP contribution in [0.25, 0.3) is 0 Å². The van der Waals surface area contributed by atoms with Crippen LogP contribution in [0.3, 0.4) is 0 Å². The molecule has 180 valence electrons. The number of esters is 1. The molecule has 2 aromatic rings. The van der Waals surface area contributed by atoms with Crippen molar-refractivity contribution >= 4 is 35.2 Å². The van der Waals surface area contributed by atoms with Crippen molar-refractivity contribution in [3.8, 4) is 0 Å². The van der Waals surface area contributed by atoms with E-state index < -0.39 is 17.4 Å². The summed E-state index contributed by atoms with van der Waals surface area (Å²) in [6, 6.07) is 5.66. The third-order valence-electron chi connectivity index (χ3n) is 6.16. The van der Waals surface area contributed by atoms with E-state index >= 15 is 0 Å². The summed E-state index contributed by atoms with van der Waals surface area (Å²) in [7, 11) is 0. The van der Waals surface area contributed by atoms with Gasteiger partial charge in [0.25, 0.3) is 5.56 Å². The second kappa shape index (κ2) is 9.66. The van der Waals surface area contributed by atoms with Crippen molar-refractivity contribution < 1.29 is 19.1 Å². The number of fused-ring (bicyclic) bond motifs is 1. The maximum absolute atomic E-state index is 13.1. The van der Waals surface area contributed by atoms with E-state index in [1.807, 2.05) is 36.9 Å². The van der Waals surface area contributed by atoms with Crippen LogP contribution in [-0.2, 0) is 19.1 Å². The Morgan fingerprint density at radius 1 is 1.15 bits per heavy atom. The number of aromatic nitrogens is 2. The zero-order chi connectivity index (χ0) is 24.4. The van der Waals surface area contributed by atoms with Crippen LogP contribution in [0.4, 0.5) is 17.5 Å². The number of hydrogen-bond acceptors (Lipinski definition) is 7. The molecule has 4 rings (SSSR count). The summed E-state index contributed by atoms with van der Waals surface area (Å²) in [4.78, 5) is 59.6. The van der Waals surface area contributed by atoms with E-state index in [2.05, 4.69) is 20.6 Å². The third-order valence-corrected chi connectivity index (χ3v) is 6.16. The van der Waals surface area contributed by atoms with Gasteiger partial charge in [0, 0.05) is 25.2 Å².